The fourth-order valence-corrected chi connectivity index (χ4v) is 5.09. The van der Waals surface area contributed by atoms with Gasteiger partial charge in [-0.25, -0.2) is 0 Å². The van der Waals surface area contributed by atoms with Gasteiger partial charge in [-0.2, -0.15) is 0 Å². The molecule has 28 heavy (non-hydrogen) atoms. The lowest BCUT2D eigenvalue weighted by molar-refractivity contribution is -0.00825. The third-order valence-corrected chi connectivity index (χ3v) is 6.37. The molecule has 160 valence electrons. The maximum absolute atomic E-state index is 6.08. The van der Waals surface area contributed by atoms with E-state index in [1.807, 2.05) is 0 Å². The van der Waals surface area contributed by atoms with Gasteiger partial charge in [0.05, 0.1) is 12.7 Å². The predicted octanol–water partition coefficient (Wildman–Crippen LogP) is 7.62. The van der Waals surface area contributed by atoms with E-state index in [4.69, 9.17) is 9.47 Å². The van der Waals surface area contributed by atoms with Crippen LogP contribution >= 0.6 is 0 Å². The van der Waals surface area contributed by atoms with E-state index in [2.05, 4.69) is 72.7 Å². The van der Waals surface area contributed by atoms with E-state index in [1.54, 1.807) is 0 Å². The summed E-state index contributed by atoms with van der Waals surface area (Å²) in [5.41, 5.74) is 2.05. The monoisotopic (exact) mass is 388 g/mol. The maximum atomic E-state index is 6.08. The quantitative estimate of drug-likeness (QED) is 0.426. The minimum atomic E-state index is 0.251. The van der Waals surface area contributed by atoms with Crippen LogP contribution in [0, 0.1) is 16.7 Å². The summed E-state index contributed by atoms with van der Waals surface area (Å²) >= 11 is 0. The molecule has 0 aliphatic heterocycles. The Kier molecular flexibility index (Phi) is 8.43. The fourth-order valence-electron chi connectivity index (χ4n) is 5.09. The van der Waals surface area contributed by atoms with Crippen LogP contribution in [-0.2, 0) is 4.74 Å². The summed E-state index contributed by atoms with van der Waals surface area (Å²) in [4.78, 5) is 0. The number of hydrogen-bond acceptors (Lipinski definition) is 2. The number of ether oxygens (including phenoxy) is 2. The highest BCUT2D eigenvalue weighted by atomic mass is 16.5. The molecule has 0 aromatic heterocycles. The molecule has 1 atom stereocenters. The molecule has 1 unspecified atom stereocenters. The van der Waals surface area contributed by atoms with Gasteiger partial charge in [-0.15, -0.1) is 0 Å². The SMILES string of the molecule is CC(CC(C(C)(C)C)C(C)(C)C)OCCOc1ccc(C2CCCCC2)cc1. The Hall–Kier alpha value is -1.02. The summed E-state index contributed by atoms with van der Waals surface area (Å²) in [5.74, 6) is 2.33. The number of benzene rings is 1. The lowest BCUT2D eigenvalue weighted by Gasteiger charge is -2.42. The van der Waals surface area contributed by atoms with Crippen molar-refractivity contribution in [3.63, 3.8) is 0 Å². The van der Waals surface area contributed by atoms with Crippen molar-refractivity contribution >= 4 is 0 Å². The van der Waals surface area contributed by atoms with Crippen LogP contribution in [0.1, 0.15) is 98.5 Å². The molecule has 0 radical (unpaired) electrons. The van der Waals surface area contributed by atoms with Gasteiger partial charge in [0.15, 0.2) is 0 Å². The molecular weight excluding hydrogens is 344 g/mol. The lowest BCUT2D eigenvalue weighted by atomic mass is 9.64. The summed E-state index contributed by atoms with van der Waals surface area (Å²) < 4.78 is 12.0. The molecule has 1 saturated carbocycles. The van der Waals surface area contributed by atoms with Gasteiger partial charge in [0.2, 0.25) is 0 Å². The third-order valence-electron chi connectivity index (χ3n) is 6.37. The molecule has 1 fully saturated rings. The van der Waals surface area contributed by atoms with Crippen LogP contribution in [0.3, 0.4) is 0 Å². The second-order valence-corrected chi connectivity index (χ2v) is 11.0. The van der Waals surface area contributed by atoms with Crippen molar-refractivity contribution in [2.45, 2.75) is 99.0 Å². The van der Waals surface area contributed by atoms with Crippen LogP contribution in [0.4, 0.5) is 0 Å². The molecule has 1 aromatic carbocycles. The zero-order chi connectivity index (χ0) is 20.8. The first-order valence-corrected chi connectivity index (χ1v) is 11.4. The minimum absolute atomic E-state index is 0.251. The molecule has 0 bridgehead atoms. The van der Waals surface area contributed by atoms with E-state index >= 15 is 0 Å². The van der Waals surface area contributed by atoms with Crippen molar-refractivity contribution in [2.24, 2.45) is 16.7 Å². The van der Waals surface area contributed by atoms with Crippen LogP contribution in [-0.4, -0.2) is 19.3 Å². The normalized spacial score (nSPS) is 17.7. The van der Waals surface area contributed by atoms with Gasteiger partial charge in [0.25, 0.3) is 0 Å². The van der Waals surface area contributed by atoms with Crippen LogP contribution in [0.25, 0.3) is 0 Å². The molecule has 0 amide bonds. The summed E-state index contributed by atoms with van der Waals surface area (Å²) in [6.07, 6.45) is 8.19. The molecule has 1 aliphatic carbocycles. The molecular formula is C26H44O2. The molecule has 2 rings (SSSR count). The van der Waals surface area contributed by atoms with Crippen LogP contribution in [0.5, 0.6) is 5.75 Å². The molecule has 1 aliphatic rings. The second-order valence-electron chi connectivity index (χ2n) is 11.0. The summed E-state index contributed by atoms with van der Waals surface area (Å²) in [6.45, 7) is 17.5. The highest BCUT2D eigenvalue weighted by Gasteiger charge is 2.35. The molecule has 2 heteroatoms. The molecule has 1 aromatic rings. The van der Waals surface area contributed by atoms with Crippen molar-refractivity contribution in [2.75, 3.05) is 13.2 Å². The van der Waals surface area contributed by atoms with Crippen molar-refractivity contribution in [1.82, 2.24) is 0 Å². The summed E-state index contributed by atoms with van der Waals surface area (Å²) in [6, 6.07) is 8.77. The predicted molar refractivity (Wildman–Crippen MR) is 120 cm³/mol. The zero-order valence-electron chi connectivity index (χ0n) is 19.5. The van der Waals surface area contributed by atoms with Crippen LogP contribution in [0.2, 0.25) is 0 Å². The lowest BCUT2D eigenvalue weighted by Crippen LogP contribution is -2.35. The average molecular weight is 389 g/mol. The first-order valence-electron chi connectivity index (χ1n) is 11.4. The fraction of sp³-hybridized carbons (Fsp3) is 0.769. The number of hydrogen-bond donors (Lipinski definition) is 0. The number of rotatable bonds is 8. The van der Waals surface area contributed by atoms with Gasteiger partial charge in [-0.05, 0) is 66.5 Å². The van der Waals surface area contributed by atoms with Crippen molar-refractivity contribution in [3.05, 3.63) is 29.8 Å². The molecule has 0 heterocycles. The van der Waals surface area contributed by atoms with Gasteiger partial charge in [0.1, 0.15) is 12.4 Å². The van der Waals surface area contributed by atoms with Gasteiger partial charge < -0.3 is 9.47 Å². The Balaban J connectivity index is 1.73. The van der Waals surface area contributed by atoms with Gasteiger partial charge in [0, 0.05) is 0 Å². The first-order chi connectivity index (χ1) is 13.1. The topological polar surface area (TPSA) is 18.5 Å². The summed E-state index contributed by atoms with van der Waals surface area (Å²) in [7, 11) is 0. The van der Waals surface area contributed by atoms with Crippen molar-refractivity contribution in [3.8, 4) is 5.75 Å². The highest BCUT2D eigenvalue weighted by Crippen LogP contribution is 2.43. The average Bonchev–Trinajstić information content (AvgIpc) is 2.63. The zero-order valence-corrected chi connectivity index (χ0v) is 19.5. The van der Waals surface area contributed by atoms with Gasteiger partial charge in [-0.1, -0.05) is 72.9 Å². The first kappa shape index (κ1) is 23.3. The van der Waals surface area contributed by atoms with Gasteiger partial charge >= 0.3 is 0 Å². The van der Waals surface area contributed by atoms with Gasteiger partial charge in [-0.3, -0.25) is 0 Å². The third kappa shape index (κ3) is 7.43. The van der Waals surface area contributed by atoms with E-state index in [9.17, 15) is 0 Å². The standard InChI is InChI=1S/C26H44O2/c1-20(19-24(25(2,3)4)26(5,6)7)27-17-18-28-23-15-13-22(14-16-23)21-11-9-8-10-12-21/h13-16,20-21,24H,8-12,17-19H2,1-7H3. The van der Waals surface area contributed by atoms with Crippen LogP contribution < -0.4 is 4.74 Å². The Bertz CT molecular complexity index is 542. The van der Waals surface area contributed by atoms with Crippen LogP contribution in [0.15, 0.2) is 24.3 Å². The highest BCUT2D eigenvalue weighted by molar-refractivity contribution is 5.29. The molecule has 0 saturated heterocycles. The maximum Gasteiger partial charge on any atom is 0.119 e. The molecule has 0 spiro atoms. The van der Waals surface area contributed by atoms with Crippen molar-refractivity contribution < 1.29 is 9.47 Å². The van der Waals surface area contributed by atoms with Crippen molar-refractivity contribution in [1.29, 1.82) is 0 Å². The molecule has 2 nitrogen and oxygen atoms in total. The summed E-state index contributed by atoms with van der Waals surface area (Å²) in [5, 5.41) is 0. The Morgan fingerprint density at radius 2 is 1.43 bits per heavy atom. The van der Waals surface area contributed by atoms with E-state index in [0.29, 0.717) is 19.1 Å². The molecule has 0 N–H and O–H groups in total. The Labute approximate surface area is 174 Å². The van der Waals surface area contributed by atoms with E-state index < -0.39 is 0 Å². The van der Waals surface area contributed by atoms with E-state index in [0.717, 1.165) is 18.1 Å². The smallest absolute Gasteiger partial charge is 0.119 e. The Morgan fingerprint density at radius 1 is 0.857 bits per heavy atom. The van der Waals surface area contributed by atoms with E-state index in [1.165, 1.54) is 37.7 Å². The largest absolute Gasteiger partial charge is 0.491 e. The Morgan fingerprint density at radius 3 is 1.96 bits per heavy atom. The minimum Gasteiger partial charge on any atom is -0.491 e. The second kappa shape index (κ2) is 10.1. The van der Waals surface area contributed by atoms with E-state index in [-0.39, 0.29) is 16.9 Å².